The van der Waals surface area contributed by atoms with E-state index >= 15 is 0 Å². The highest BCUT2D eigenvalue weighted by atomic mass is 19.2. The lowest BCUT2D eigenvalue weighted by Crippen LogP contribution is -2.41. The van der Waals surface area contributed by atoms with Crippen LogP contribution in [0.3, 0.4) is 0 Å². The highest BCUT2D eigenvalue weighted by Crippen LogP contribution is 2.25. The molecule has 3 aromatic carbocycles. The first-order valence-corrected chi connectivity index (χ1v) is 9.26. The predicted octanol–water partition coefficient (Wildman–Crippen LogP) is 3.68. The number of carbonyl (C=O) groups is 2. The minimum Gasteiger partial charge on any atom is -0.374 e. The number of carbonyl (C=O) groups excluding carboxylic acids is 2. The van der Waals surface area contributed by atoms with Gasteiger partial charge in [-0.05, 0) is 41.0 Å². The van der Waals surface area contributed by atoms with E-state index in [0.29, 0.717) is 5.56 Å². The molecule has 10 heteroatoms. The van der Waals surface area contributed by atoms with Crippen molar-refractivity contribution in [1.29, 1.82) is 0 Å². The molecule has 4 N–H and O–H groups in total. The summed E-state index contributed by atoms with van der Waals surface area (Å²) < 4.78 is 53.7. The average molecular weight is 447 g/mol. The summed E-state index contributed by atoms with van der Waals surface area (Å²) in [7, 11) is 0. The highest BCUT2D eigenvalue weighted by Gasteiger charge is 2.23. The Kier molecular flexibility index (Phi) is 7.06. The summed E-state index contributed by atoms with van der Waals surface area (Å²) in [6.45, 7) is -0.359. The Morgan fingerprint density at radius 1 is 0.844 bits per heavy atom. The standard InChI is InChI=1S/C22H17F4N3O3/c23-15-3-1-2-4-18(15)27-11-19(30)28-21(22(31)29-32)13-7-5-12(6-8-13)14-9-16(24)20(26)17(25)10-14/h1-10,21,27,32H,11H2,(H,28,30)(H,29,31). The normalized spacial score (nSPS) is 11.5. The van der Waals surface area contributed by atoms with Gasteiger partial charge < -0.3 is 10.6 Å². The number of para-hydroxylation sites is 1. The van der Waals surface area contributed by atoms with Gasteiger partial charge in [0.25, 0.3) is 5.91 Å². The molecule has 3 rings (SSSR count). The molecule has 0 aromatic heterocycles. The van der Waals surface area contributed by atoms with Gasteiger partial charge in [-0.2, -0.15) is 0 Å². The molecule has 0 saturated heterocycles. The zero-order chi connectivity index (χ0) is 23.3. The lowest BCUT2D eigenvalue weighted by Gasteiger charge is -2.18. The van der Waals surface area contributed by atoms with E-state index in [2.05, 4.69) is 10.6 Å². The van der Waals surface area contributed by atoms with Crippen LogP contribution in [0.4, 0.5) is 23.2 Å². The van der Waals surface area contributed by atoms with Crippen molar-refractivity contribution >= 4 is 17.5 Å². The van der Waals surface area contributed by atoms with E-state index in [-0.39, 0.29) is 23.4 Å². The quantitative estimate of drug-likeness (QED) is 0.193. The van der Waals surface area contributed by atoms with Crippen LogP contribution < -0.4 is 16.1 Å². The fraction of sp³-hybridized carbons (Fsp3) is 0.0909. The number of nitrogens with one attached hydrogen (secondary N) is 3. The maximum absolute atomic E-state index is 13.6. The number of hydrogen-bond donors (Lipinski definition) is 4. The summed E-state index contributed by atoms with van der Waals surface area (Å²) in [5.74, 6) is -6.47. The second kappa shape index (κ2) is 9.92. The van der Waals surface area contributed by atoms with Crippen molar-refractivity contribution in [2.24, 2.45) is 0 Å². The largest absolute Gasteiger partial charge is 0.374 e. The Morgan fingerprint density at radius 2 is 1.47 bits per heavy atom. The molecule has 0 spiro atoms. The summed E-state index contributed by atoms with van der Waals surface area (Å²) in [6, 6.07) is 11.6. The predicted molar refractivity (Wildman–Crippen MR) is 107 cm³/mol. The SMILES string of the molecule is O=C(CNc1ccccc1F)NC(C(=O)NO)c1ccc(-c2cc(F)c(F)c(F)c2)cc1. The van der Waals surface area contributed by atoms with Gasteiger partial charge in [0.2, 0.25) is 5.91 Å². The summed E-state index contributed by atoms with van der Waals surface area (Å²) >= 11 is 0. The topological polar surface area (TPSA) is 90.5 Å². The third-order valence-electron chi connectivity index (χ3n) is 4.55. The number of rotatable bonds is 7. The van der Waals surface area contributed by atoms with Gasteiger partial charge in [-0.1, -0.05) is 36.4 Å². The van der Waals surface area contributed by atoms with E-state index in [1.807, 2.05) is 0 Å². The van der Waals surface area contributed by atoms with E-state index in [0.717, 1.165) is 12.1 Å². The van der Waals surface area contributed by atoms with Gasteiger partial charge in [0.15, 0.2) is 17.5 Å². The van der Waals surface area contributed by atoms with Crippen LogP contribution in [0.15, 0.2) is 60.7 Å². The molecule has 3 aromatic rings. The summed E-state index contributed by atoms with van der Waals surface area (Å²) in [5, 5.41) is 14.0. The molecule has 2 amide bonds. The molecule has 1 atom stereocenters. The van der Waals surface area contributed by atoms with Crippen LogP contribution in [-0.4, -0.2) is 23.6 Å². The number of hydrogen-bond acceptors (Lipinski definition) is 4. The second-order valence-corrected chi connectivity index (χ2v) is 6.69. The first-order chi connectivity index (χ1) is 15.3. The lowest BCUT2D eigenvalue weighted by atomic mass is 10.00. The Morgan fingerprint density at radius 3 is 2.06 bits per heavy atom. The number of amides is 2. The van der Waals surface area contributed by atoms with Gasteiger partial charge in [-0.25, -0.2) is 23.0 Å². The fourth-order valence-electron chi connectivity index (χ4n) is 2.95. The first kappa shape index (κ1) is 22.8. The molecule has 32 heavy (non-hydrogen) atoms. The Labute approximate surface area is 179 Å². The summed E-state index contributed by atoms with van der Waals surface area (Å²) in [5.41, 5.74) is 2.16. The molecule has 0 saturated carbocycles. The molecule has 0 radical (unpaired) electrons. The second-order valence-electron chi connectivity index (χ2n) is 6.69. The van der Waals surface area contributed by atoms with Crippen molar-refractivity contribution < 1.29 is 32.4 Å². The van der Waals surface area contributed by atoms with Crippen molar-refractivity contribution in [2.45, 2.75) is 6.04 Å². The van der Waals surface area contributed by atoms with Gasteiger partial charge in [0, 0.05) is 0 Å². The third-order valence-corrected chi connectivity index (χ3v) is 4.55. The van der Waals surface area contributed by atoms with Crippen LogP contribution in [0.2, 0.25) is 0 Å². The Balaban J connectivity index is 1.75. The highest BCUT2D eigenvalue weighted by molar-refractivity contribution is 5.89. The minimum absolute atomic E-state index is 0.0641. The fourth-order valence-corrected chi connectivity index (χ4v) is 2.95. The zero-order valence-electron chi connectivity index (χ0n) is 16.3. The Hall–Kier alpha value is -3.92. The van der Waals surface area contributed by atoms with Crippen LogP contribution in [0, 0.1) is 23.3 Å². The van der Waals surface area contributed by atoms with E-state index < -0.39 is 41.1 Å². The minimum atomic E-state index is -1.59. The lowest BCUT2D eigenvalue weighted by molar-refractivity contribution is -0.134. The zero-order valence-corrected chi connectivity index (χ0v) is 16.3. The number of anilines is 1. The molecular weight excluding hydrogens is 430 g/mol. The van der Waals surface area contributed by atoms with Crippen LogP contribution in [0.25, 0.3) is 11.1 Å². The van der Waals surface area contributed by atoms with Crippen molar-refractivity contribution in [2.75, 3.05) is 11.9 Å². The number of benzene rings is 3. The number of hydroxylamine groups is 1. The molecule has 0 heterocycles. The van der Waals surface area contributed by atoms with Crippen LogP contribution in [-0.2, 0) is 9.59 Å². The van der Waals surface area contributed by atoms with Crippen molar-refractivity contribution in [3.8, 4) is 11.1 Å². The Bertz CT molecular complexity index is 1120. The monoisotopic (exact) mass is 447 g/mol. The van der Waals surface area contributed by atoms with Crippen molar-refractivity contribution in [1.82, 2.24) is 10.8 Å². The molecule has 0 aliphatic rings. The van der Waals surface area contributed by atoms with E-state index in [4.69, 9.17) is 5.21 Å². The summed E-state index contributed by atoms with van der Waals surface area (Å²) in [4.78, 5) is 24.3. The van der Waals surface area contributed by atoms with E-state index in [9.17, 15) is 27.2 Å². The smallest absolute Gasteiger partial charge is 0.270 e. The molecular formula is C22H17F4N3O3. The third kappa shape index (κ3) is 5.22. The van der Waals surface area contributed by atoms with Gasteiger partial charge in [-0.15, -0.1) is 0 Å². The van der Waals surface area contributed by atoms with Gasteiger partial charge in [-0.3, -0.25) is 14.8 Å². The maximum atomic E-state index is 13.6. The first-order valence-electron chi connectivity index (χ1n) is 9.26. The molecule has 6 nitrogen and oxygen atoms in total. The van der Waals surface area contributed by atoms with E-state index in [1.54, 1.807) is 6.07 Å². The van der Waals surface area contributed by atoms with Crippen LogP contribution in [0.5, 0.6) is 0 Å². The van der Waals surface area contributed by atoms with Crippen molar-refractivity contribution in [3.05, 3.63) is 89.5 Å². The average Bonchev–Trinajstić information content (AvgIpc) is 2.79. The summed E-state index contributed by atoms with van der Waals surface area (Å²) in [6.07, 6.45) is 0. The van der Waals surface area contributed by atoms with Gasteiger partial charge in [0.1, 0.15) is 11.9 Å². The van der Waals surface area contributed by atoms with Crippen LogP contribution >= 0.6 is 0 Å². The molecule has 0 aliphatic heterocycles. The molecule has 1 unspecified atom stereocenters. The maximum Gasteiger partial charge on any atom is 0.270 e. The molecule has 0 bridgehead atoms. The number of halogens is 4. The molecule has 166 valence electrons. The molecule has 0 aliphatic carbocycles. The molecule has 0 fully saturated rings. The van der Waals surface area contributed by atoms with Crippen molar-refractivity contribution in [3.63, 3.8) is 0 Å². The van der Waals surface area contributed by atoms with Crippen LogP contribution in [0.1, 0.15) is 11.6 Å². The van der Waals surface area contributed by atoms with E-state index in [1.165, 1.54) is 47.9 Å². The van der Waals surface area contributed by atoms with Gasteiger partial charge >= 0.3 is 0 Å². The van der Waals surface area contributed by atoms with Gasteiger partial charge in [0.05, 0.1) is 12.2 Å².